The van der Waals surface area contributed by atoms with Crippen LogP contribution in [0.25, 0.3) is 10.9 Å². The maximum absolute atomic E-state index is 13.5. The van der Waals surface area contributed by atoms with Crippen LogP contribution in [0.15, 0.2) is 77.7 Å². The summed E-state index contributed by atoms with van der Waals surface area (Å²) in [5.41, 5.74) is 2.57. The maximum Gasteiger partial charge on any atom is 0.376 e. The molecule has 210 valence electrons. The number of fused-ring (bicyclic) bond motifs is 1. The highest BCUT2D eigenvalue weighted by molar-refractivity contribution is 7.53. The summed E-state index contributed by atoms with van der Waals surface area (Å²) in [6, 6.07) is 20.2. The van der Waals surface area contributed by atoms with Crippen LogP contribution >= 0.6 is 7.60 Å². The van der Waals surface area contributed by atoms with Gasteiger partial charge in [-0.15, -0.1) is 0 Å². The van der Waals surface area contributed by atoms with Crippen molar-refractivity contribution in [1.82, 2.24) is 4.98 Å². The van der Waals surface area contributed by atoms with E-state index in [2.05, 4.69) is 10.3 Å². The fourth-order valence-corrected chi connectivity index (χ4v) is 5.41. The maximum atomic E-state index is 13.5. The number of carbonyl (C=O) groups excluding carboxylic acids is 1. The smallest absolute Gasteiger partial charge is 0.376 e. The van der Waals surface area contributed by atoms with Gasteiger partial charge in [0.1, 0.15) is 11.3 Å². The summed E-state index contributed by atoms with van der Waals surface area (Å²) < 4.78 is 25.3. The summed E-state index contributed by atoms with van der Waals surface area (Å²) in [7, 11) is -3.55. The first-order chi connectivity index (χ1) is 18.7. The number of aromatic amines is 1. The molecule has 0 aliphatic rings. The molecule has 40 heavy (non-hydrogen) atoms. The zero-order chi connectivity index (χ0) is 29.3. The van der Waals surface area contributed by atoms with Crippen LogP contribution in [0, 0.1) is 0 Å². The lowest BCUT2D eigenvalue weighted by Gasteiger charge is -2.30. The second-order valence-electron chi connectivity index (χ2n) is 12.0. The zero-order valence-corrected chi connectivity index (χ0v) is 25.0. The topological polar surface area (TPSA) is 97.5 Å². The number of nitrogens with one attached hydrogen (secondary N) is 2. The third-order valence-corrected chi connectivity index (χ3v) is 7.72. The molecule has 8 heteroatoms. The molecule has 0 aliphatic carbocycles. The van der Waals surface area contributed by atoms with Gasteiger partial charge in [0.2, 0.25) is 5.43 Å². The van der Waals surface area contributed by atoms with Crippen LogP contribution in [0.2, 0.25) is 0 Å². The third-order valence-electron chi connectivity index (χ3n) is 6.59. The minimum atomic E-state index is -3.55. The van der Waals surface area contributed by atoms with E-state index in [1.165, 1.54) is 12.9 Å². The van der Waals surface area contributed by atoms with Crippen molar-refractivity contribution in [2.75, 3.05) is 12.0 Å². The van der Waals surface area contributed by atoms with Crippen molar-refractivity contribution in [3.8, 4) is 5.75 Å². The van der Waals surface area contributed by atoms with Crippen LogP contribution in [-0.4, -0.2) is 17.6 Å². The van der Waals surface area contributed by atoms with Crippen LogP contribution in [0.1, 0.15) is 68.6 Å². The summed E-state index contributed by atoms with van der Waals surface area (Å²) >= 11 is 0. The van der Waals surface area contributed by atoms with Gasteiger partial charge in [-0.1, -0.05) is 84.0 Å². The largest absolute Gasteiger partial charge is 0.424 e. The molecular weight excluding hydrogens is 523 g/mol. The molecule has 0 spiro atoms. The fraction of sp³-hybridized carbons (Fsp3) is 0.312. The number of rotatable bonds is 7. The summed E-state index contributed by atoms with van der Waals surface area (Å²) in [4.78, 5) is 29.6. The summed E-state index contributed by atoms with van der Waals surface area (Å²) in [6.07, 6.45) is 1.43. The molecule has 0 saturated heterocycles. The van der Waals surface area contributed by atoms with Gasteiger partial charge in [0.15, 0.2) is 0 Å². The SMILES string of the molecule is CC(C)(C)c1cc(C(C)(C)C)c(OP(C)(=O)OCc2ccccc2)cc1NC(=O)c1c[nH]c2ccccc2c1=O. The Hall–Kier alpha value is -3.67. The van der Waals surface area contributed by atoms with Crippen molar-refractivity contribution in [2.45, 2.75) is 59.0 Å². The minimum absolute atomic E-state index is 0.00622. The lowest BCUT2D eigenvalue weighted by molar-refractivity contribution is 0.102. The fourth-order valence-electron chi connectivity index (χ4n) is 4.46. The Labute approximate surface area is 235 Å². The zero-order valence-electron chi connectivity index (χ0n) is 24.1. The van der Waals surface area contributed by atoms with Crippen molar-refractivity contribution in [3.05, 3.63) is 105 Å². The Morgan fingerprint density at radius 1 is 0.900 bits per heavy atom. The highest BCUT2D eigenvalue weighted by Gasteiger charge is 2.30. The van der Waals surface area contributed by atoms with E-state index in [0.29, 0.717) is 22.3 Å². The van der Waals surface area contributed by atoms with E-state index < -0.39 is 13.5 Å². The first-order valence-corrected chi connectivity index (χ1v) is 15.2. The van der Waals surface area contributed by atoms with Gasteiger partial charge in [-0.3, -0.25) is 14.1 Å². The molecular formula is C32H37N2O5P. The van der Waals surface area contributed by atoms with Crippen molar-refractivity contribution < 1.29 is 18.4 Å². The minimum Gasteiger partial charge on any atom is -0.424 e. The van der Waals surface area contributed by atoms with E-state index in [-0.39, 0.29) is 28.4 Å². The Balaban J connectivity index is 1.74. The number of hydrogen-bond acceptors (Lipinski definition) is 5. The molecule has 7 nitrogen and oxygen atoms in total. The highest BCUT2D eigenvalue weighted by Crippen LogP contribution is 2.50. The first kappa shape index (κ1) is 29.3. The standard InChI is InChI=1S/C32H37N2O5P/c1-31(2,3)24-17-25(32(4,5)6)28(39-40(7,37)38-20-21-13-9-8-10-14-21)18-27(24)34-30(36)23-19-33-26-16-12-11-15-22(26)29(23)35/h8-19H,20H2,1-7H3,(H,33,35)(H,34,36). The van der Waals surface area contributed by atoms with E-state index in [1.54, 1.807) is 24.3 Å². The average Bonchev–Trinajstić information content (AvgIpc) is 2.87. The molecule has 1 amide bonds. The number of amides is 1. The molecule has 1 aromatic heterocycles. The Morgan fingerprint density at radius 3 is 2.17 bits per heavy atom. The molecule has 0 aliphatic heterocycles. The predicted octanol–water partition coefficient (Wildman–Crippen LogP) is 7.79. The van der Waals surface area contributed by atoms with Gasteiger partial charge in [0.25, 0.3) is 5.91 Å². The third kappa shape index (κ3) is 6.72. The van der Waals surface area contributed by atoms with Crippen LogP contribution in [0.5, 0.6) is 5.75 Å². The average molecular weight is 561 g/mol. The van der Waals surface area contributed by atoms with Crippen LogP contribution in [0.4, 0.5) is 5.69 Å². The number of H-pyrrole nitrogens is 1. The summed E-state index contributed by atoms with van der Waals surface area (Å²) in [5.74, 6) is -0.200. The number of hydrogen-bond donors (Lipinski definition) is 2. The molecule has 0 fully saturated rings. The van der Waals surface area contributed by atoms with E-state index >= 15 is 0 Å². The highest BCUT2D eigenvalue weighted by atomic mass is 31.2. The second-order valence-corrected chi connectivity index (χ2v) is 14.0. The molecule has 3 aromatic carbocycles. The van der Waals surface area contributed by atoms with Crippen LogP contribution in [0.3, 0.4) is 0 Å². The van der Waals surface area contributed by atoms with E-state index in [1.807, 2.05) is 84.0 Å². The predicted molar refractivity (Wildman–Crippen MR) is 162 cm³/mol. The molecule has 0 bridgehead atoms. The Kier molecular flexibility index (Phi) is 8.11. The van der Waals surface area contributed by atoms with Crippen LogP contribution in [-0.2, 0) is 26.5 Å². The molecule has 1 atom stereocenters. The van der Waals surface area contributed by atoms with Gasteiger partial charge in [-0.2, -0.15) is 0 Å². The summed E-state index contributed by atoms with van der Waals surface area (Å²) in [6.45, 7) is 13.8. The number of anilines is 1. The number of benzene rings is 3. The second kappa shape index (κ2) is 11.1. The van der Waals surface area contributed by atoms with Crippen molar-refractivity contribution >= 4 is 30.1 Å². The number of aromatic nitrogens is 1. The van der Waals surface area contributed by atoms with Crippen molar-refractivity contribution in [2.24, 2.45) is 0 Å². The molecule has 0 saturated carbocycles. The van der Waals surface area contributed by atoms with E-state index in [4.69, 9.17) is 9.05 Å². The molecule has 4 rings (SSSR count). The molecule has 1 heterocycles. The van der Waals surface area contributed by atoms with Gasteiger partial charge in [0.05, 0.1) is 6.61 Å². The molecule has 4 aromatic rings. The van der Waals surface area contributed by atoms with Gasteiger partial charge >= 0.3 is 7.60 Å². The normalized spacial score (nSPS) is 13.6. The van der Waals surface area contributed by atoms with E-state index in [9.17, 15) is 14.2 Å². The van der Waals surface area contributed by atoms with E-state index in [0.717, 1.165) is 16.7 Å². The van der Waals surface area contributed by atoms with Gasteiger partial charge < -0.3 is 14.8 Å². The lowest BCUT2D eigenvalue weighted by atomic mass is 9.79. The van der Waals surface area contributed by atoms with Crippen molar-refractivity contribution in [1.29, 1.82) is 0 Å². The van der Waals surface area contributed by atoms with Gasteiger partial charge in [0, 0.05) is 41.1 Å². The molecule has 0 radical (unpaired) electrons. The first-order valence-electron chi connectivity index (χ1n) is 13.2. The molecule has 1 unspecified atom stereocenters. The number of pyridine rings is 1. The van der Waals surface area contributed by atoms with Gasteiger partial charge in [-0.05, 0) is 40.2 Å². The van der Waals surface area contributed by atoms with Crippen LogP contribution < -0.4 is 15.3 Å². The van der Waals surface area contributed by atoms with Crippen molar-refractivity contribution in [3.63, 3.8) is 0 Å². The van der Waals surface area contributed by atoms with Gasteiger partial charge in [-0.25, -0.2) is 4.57 Å². The Bertz CT molecular complexity index is 1650. The summed E-state index contributed by atoms with van der Waals surface area (Å²) in [5, 5.41) is 3.36. The number of carbonyl (C=O) groups is 1. The lowest BCUT2D eigenvalue weighted by Crippen LogP contribution is -2.25. The monoisotopic (exact) mass is 560 g/mol. The Morgan fingerprint density at radius 2 is 1.52 bits per heavy atom. The quantitative estimate of drug-likeness (QED) is 0.225. The molecule has 2 N–H and O–H groups in total. The number of para-hydroxylation sites is 1.